The number of para-hydroxylation sites is 10. The summed E-state index contributed by atoms with van der Waals surface area (Å²) in [4.78, 5) is 9.31. The normalized spacial score (nSPS) is 12.6. The highest BCUT2D eigenvalue weighted by atomic mass is 15.4. The zero-order valence-corrected chi connectivity index (χ0v) is 36.6. The standard InChI is InChI=1S/C58H40N10/c1-3-15-45(16-4-1)65-51-19-7-11-23-55(51)67(56-24-12-8-20-52(56)65)47-35-31-43(32-36-47)63-39-49(59-61-63)41-27-29-42(30-28-41)50-40-64(62-60-50)44-33-37-48(38-34-44)68-57-25-13-9-21-53(57)66(46-17-5-2-6-18-46)54-22-10-14-26-58(54)68/h1-40H. The van der Waals surface area contributed by atoms with Gasteiger partial charge >= 0.3 is 0 Å². The molecule has 9 aromatic carbocycles. The van der Waals surface area contributed by atoms with Crippen LogP contribution in [0, 0.1) is 0 Å². The minimum Gasteiger partial charge on any atom is -0.306 e. The maximum Gasteiger partial charge on any atom is 0.113 e. The predicted octanol–water partition coefficient (Wildman–Crippen LogP) is 14.7. The van der Waals surface area contributed by atoms with E-state index in [0.29, 0.717) is 0 Å². The van der Waals surface area contributed by atoms with Crippen molar-refractivity contribution in [2.24, 2.45) is 0 Å². The second-order valence-corrected chi connectivity index (χ2v) is 16.7. The third-order valence-corrected chi connectivity index (χ3v) is 12.7. The van der Waals surface area contributed by atoms with Gasteiger partial charge in [0.1, 0.15) is 11.4 Å². The summed E-state index contributed by atoms with van der Waals surface area (Å²) in [5.41, 5.74) is 18.5. The fraction of sp³-hybridized carbons (Fsp3) is 0. The molecule has 0 saturated heterocycles. The molecule has 0 fully saturated rings. The highest BCUT2D eigenvalue weighted by Gasteiger charge is 2.31. The Labute approximate surface area is 393 Å². The van der Waals surface area contributed by atoms with Crippen LogP contribution in [0.25, 0.3) is 33.9 Å². The molecule has 4 heterocycles. The zero-order valence-electron chi connectivity index (χ0n) is 36.6. The Morgan fingerprint density at radius 3 is 0.735 bits per heavy atom. The maximum absolute atomic E-state index is 4.56. The number of aromatic nitrogens is 6. The fourth-order valence-electron chi connectivity index (χ4n) is 9.52. The van der Waals surface area contributed by atoms with E-state index < -0.39 is 0 Å². The molecule has 2 aliphatic rings. The van der Waals surface area contributed by atoms with Gasteiger partial charge in [-0.3, -0.25) is 0 Å². The summed E-state index contributed by atoms with van der Waals surface area (Å²) in [7, 11) is 0. The second-order valence-electron chi connectivity index (χ2n) is 16.7. The molecule has 2 aromatic heterocycles. The SMILES string of the molecule is c1ccc(N2c3ccccc3N(c3ccc(-n4cc(-c5ccc(-c6cn(-c7ccc(N8c9ccccc9N(c9ccccc9)c9ccccc98)cc7)nn6)cc5)nn4)cc3)c3ccccc32)cc1. The van der Waals surface area contributed by atoms with Crippen molar-refractivity contribution in [1.29, 1.82) is 0 Å². The number of anilines is 12. The van der Waals surface area contributed by atoms with E-state index in [1.54, 1.807) is 0 Å². The molecule has 0 radical (unpaired) electrons. The van der Waals surface area contributed by atoms with Crippen LogP contribution in [0.5, 0.6) is 0 Å². The van der Waals surface area contributed by atoms with Gasteiger partial charge in [0.05, 0.1) is 69.3 Å². The van der Waals surface area contributed by atoms with Crippen LogP contribution in [-0.4, -0.2) is 30.0 Å². The van der Waals surface area contributed by atoms with Crippen LogP contribution < -0.4 is 19.6 Å². The fourth-order valence-corrected chi connectivity index (χ4v) is 9.52. The molecule has 0 unspecified atom stereocenters. The van der Waals surface area contributed by atoms with E-state index >= 15 is 0 Å². The van der Waals surface area contributed by atoms with Gasteiger partial charge in [0.15, 0.2) is 0 Å². The first-order valence-corrected chi connectivity index (χ1v) is 22.6. The van der Waals surface area contributed by atoms with Gasteiger partial charge in [-0.25, -0.2) is 9.36 Å². The number of nitrogens with zero attached hydrogens (tertiary/aromatic N) is 10. The summed E-state index contributed by atoms with van der Waals surface area (Å²) >= 11 is 0. The maximum atomic E-state index is 4.56. The molecule has 0 N–H and O–H groups in total. The minimum absolute atomic E-state index is 0.774. The highest BCUT2D eigenvalue weighted by molar-refractivity contribution is 6.03. The van der Waals surface area contributed by atoms with Gasteiger partial charge < -0.3 is 19.6 Å². The van der Waals surface area contributed by atoms with Crippen molar-refractivity contribution in [3.63, 3.8) is 0 Å². The van der Waals surface area contributed by atoms with E-state index in [1.807, 2.05) is 21.8 Å². The summed E-state index contributed by atoms with van der Waals surface area (Å²) < 4.78 is 3.64. The zero-order chi connectivity index (χ0) is 45.0. The molecule has 0 aliphatic carbocycles. The van der Waals surface area contributed by atoms with Crippen LogP contribution in [0.15, 0.2) is 243 Å². The van der Waals surface area contributed by atoms with Crippen molar-refractivity contribution in [3.05, 3.63) is 243 Å². The Kier molecular flexibility index (Phi) is 9.24. The Morgan fingerprint density at radius 2 is 0.456 bits per heavy atom. The van der Waals surface area contributed by atoms with E-state index in [-0.39, 0.29) is 0 Å². The summed E-state index contributed by atoms with van der Waals surface area (Å²) in [5.74, 6) is 0. The Bertz CT molecular complexity index is 3250. The third-order valence-electron chi connectivity index (χ3n) is 12.7. The van der Waals surface area contributed by atoms with Gasteiger partial charge in [0, 0.05) is 33.9 Å². The molecular weight excluding hydrogens is 837 g/mol. The molecule has 0 saturated carbocycles. The summed E-state index contributed by atoms with van der Waals surface area (Å²) in [6, 6.07) is 80.4. The molecule has 0 amide bonds. The molecule has 0 bridgehead atoms. The van der Waals surface area contributed by atoms with Gasteiger partial charge in [0.25, 0.3) is 0 Å². The molecule has 10 heteroatoms. The van der Waals surface area contributed by atoms with E-state index in [4.69, 9.17) is 0 Å². The molecule has 68 heavy (non-hydrogen) atoms. The second kappa shape index (κ2) is 16.2. The predicted molar refractivity (Wildman–Crippen MR) is 273 cm³/mol. The van der Waals surface area contributed by atoms with Crippen molar-refractivity contribution in [2.45, 2.75) is 0 Å². The molecule has 10 nitrogen and oxygen atoms in total. The Morgan fingerprint density at radius 1 is 0.221 bits per heavy atom. The first kappa shape index (κ1) is 38.9. The monoisotopic (exact) mass is 876 g/mol. The molecule has 0 atom stereocenters. The van der Waals surface area contributed by atoms with E-state index in [9.17, 15) is 0 Å². The highest BCUT2D eigenvalue weighted by Crippen LogP contribution is 2.55. The van der Waals surface area contributed by atoms with Crippen LogP contribution in [0.3, 0.4) is 0 Å². The van der Waals surface area contributed by atoms with Gasteiger partial charge in [-0.1, -0.05) is 120 Å². The number of hydrogen-bond acceptors (Lipinski definition) is 8. The third kappa shape index (κ3) is 6.58. The lowest BCUT2D eigenvalue weighted by molar-refractivity contribution is 0.804. The number of hydrogen-bond donors (Lipinski definition) is 0. The van der Waals surface area contributed by atoms with E-state index in [2.05, 4.69) is 271 Å². The van der Waals surface area contributed by atoms with Gasteiger partial charge in [-0.15, -0.1) is 10.2 Å². The van der Waals surface area contributed by atoms with Crippen molar-refractivity contribution < 1.29 is 0 Å². The van der Waals surface area contributed by atoms with Gasteiger partial charge in [-0.2, -0.15) is 0 Å². The lowest BCUT2D eigenvalue weighted by Gasteiger charge is -2.40. The summed E-state index contributed by atoms with van der Waals surface area (Å²) in [6.45, 7) is 0. The summed E-state index contributed by atoms with van der Waals surface area (Å²) in [6.07, 6.45) is 3.93. The quantitative estimate of drug-likeness (QED) is 0.149. The van der Waals surface area contributed by atoms with Crippen LogP contribution in [0.2, 0.25) is 0 Å². The van der Waals surface area contributed by atoms with Crippen LogP contribution >= 0.6 is 0 Å². The van der Waals surface area contributed by atoms with Gasteiger partial charge in [-0.05, 0) is 121 Å². The number of benzene rings is 9. The minimum atomic E-state index is 0.774. The average Bonchev–Trinajstić information content (AvgIpc) is 4.12. The van der Waals surface area contributed by atoms with E-state index in [0.717, 1.165) is 102 Å². The largest absolute Gasteiger partial charge is 0.306 e. The smallest absolute Gasteiger partial charge is 0.113 e. The number of rotatable bonds is 8. The first-order valence-electron chi connectivity index (χ1n) is 22.6. The van der Waals surface area contributed by atoms with Crippen LogP contribution in [-0.2, 0) is 0 Å². The van der Waals surface area contributed by atoms with E-state index in [1.165, 1.54) is 0 Å². The van der Waals surface area contributed by atoms with Crippen LogP contribution in [0.1, 0.15) is 0 Å². The van der Waals surface area contributed by atoms with Gasteiger partial charge in [0.2, 0.25) is 0 Å². The van der Waals surface area contributed by atoms with Crippen LogP contribution in [0.4, 0.5) is 68.2 Å². The lowest BCUT2D eigenvalue weighted by Crippen LogP contribution is -2.23. The Balaban J connectivity index is 0.725. The lowest BCUT2D eigenvalue weighted by atomic mass is 10.0. The molecule has 322 valence electrons. The van der Waals surface area contributed by atoms with Crippen molar-refractivity contribution in [1.82, 2.24) is 30.0 Å². The van der Waals surface area contributed by atoms with Crippen molar-refractivity contribution in [3.8, 4) is 33.9 Å². The summed E-state index contributed by atoms with van der Waals surface area (Å²) in [5, 5.41) is 18.2. The van der Waals surface area contributed by atoms with Crippen molar-refractivity contribution >= 4 is 68.2 Å². The molecule has 0 spiro atoms. The number of fused-ring (bicyclic) bond motifs is 4. The topological polar surface area (TPSA) is 74.4 Å². The average molecular weight is 877 g/mol. The first-order chi connectivity index (χ1) is 33.7. The molecular formula is C58H40N10. The Hall–Kier alpha value is -9.54. The molecule has 2 aliphatic heterocycles. The molecule has 13 rings (SSSR count). The molecule has 11 aromatic rings. The van der Waals surface area contributed by atoms with Crippen molar-refractivity contribution in [2.75, 3.05) is 19.6 Å².